The smallest absolute Gasteiger partial charge is 0.104 e. The van der Waals surface area contributed by atoms with Gasteiger partial charge in [0, 0.05) is 6.61 Å². The van der Waals surface area contributed by atoms with Crippen molar-refractivity contribution in [2.45, 2.75) is 32.7 Å². The number of hydrogen-bond donors (Lipinski definition) is 0. The molecule has 2 unspecified atom stereocenters. The van der Waals surface area contributed by atoms with E-state index in [0.717, 1.165) is 13.2 Å². The van der Waals surface area contributed by atoms with Crippen LogP contribution in [-0.4, -0.2) is 52.4 Å². The number of ether oxygens (including phenoxy) is 5. The molecule has 2 atom stereocenters. The van der Waals surface area contributed by atoms with Gasteiger partial charge in [-0.3, -0.25) is 0 Å². The molecular formula is C22H30O5. The maximum atomic E-state index is 5.84. The first-order chi connectivity index (χ1) is 13.3. The van der Waals surface area contributed by atoms with Crippen LogP contribution in [0.5, 0.6) is 0 Å². The van der Waals surface area contributed by atoms with Gasteiger partial charge in [0.1, 0.15) is 6.10 Å². The van der Waals surface area contributed by atoms with E-state index < -0.39 is 0 Å². The Morgan fingerprint density at radius 1 is 0.963 bits per heavy atom. The molecule has 5 nitrogen and oxygen atoms in total. The van der Waals surface area contributed by atoms with Gasteiger partial charge in [0.25, 0.3) is 0 Å². The molecule has 0 amide bonds. The summed E-state index contributed by atoms with van der Waals surface area (Å²) < 4.78 is 27.4. The monoisotopic (exact) mass is 374 g/mol. The SMILES string of the molecule is CCOCCOC(C)c1ccc2cc(COCCOCC3CO3)ccc2c1. The first kappa shape index (κ1) is 20.2. The summed E-state index contributed by atoms with van der Waals surface area (Å²) in [5.41, 5.74) is 2.35. The van der Waals surface area contributed by atoms with E-state index in [1.54, 1.807) is 0 Å². The Labute approximate surface area is 161 Å². The number of fused-ring (bicyclic) bond motifs is 1. The molecule has 0 spiro atoms. The maximum Gasteiger partial charge on any atom is 0.104 e. The molecule has 5 heteroatoms. The normalized spacial score (nSPS) is 17.3. The van der Waals surface area contributed by atoms with Crippen LogP contribution in [0.4, 0.5) is 0 Å². The van der Waals surface area contributed by atoms with Crippen LogP contribution < -0.4 is 0 Å². The molecule has 3 rings (SSSR count). The minimum absolute atomic E-state index is 0.0545. The fourth-order valence-corrected chi connectivity index (χ4v) is 2.87. The first-order valence-corrected chi connectivity index (χ1v) is 9.75. The van der Waals surface area contributed by atoms with Crippen molar-refractivity contribution in [3.05, 3.63) is 47.5 Å². The molecule has 148 valence electrons. The lowest BCUT2D eigenvalue weighted by molar-refractivity contribution is 0.0147. The van der Waals surface area contributed by atoms with E-state index in [0.29, 0.717) is 45.7 Å². The van der Waals surface area contributed by atoms with E-state index in [-0.39, 0.29) is 6.10 Å². The van der Waals surface area contributed by atoms with Gasteiger partial charge in [0.05, 0.1) is 52.4 Å². The average molecular weight is 374 g/mol. The Morgan fingerprint density at radius 3 is 2.52 bits per heavy atom. The van der Waals surface area contributed by atoms with E-state index in [1.807, 2.05) is 6.92 Å². The predicted octanol–water partition coefficient (Wildman–Crippen LogP) is 3.89. The molecule has 1 heterocycles. The number of benzene rings is 2. The summed E-state index contributed by atoms with van der Waals surface area (Å²) in [6.07, 6.45) is 0.368. The van der Waals surface area contributed by atoms with E-state index in [1.165, 1.54) is 21.9 Å². The Bertz CT molecular complexity index is 698. The molecule has 1 aliphatic heterocycles. The predicted molar refractivity (Wildman–Crippen MR) is 105 cm³/mol. The summed E-state index contributed by atoms with van der Waals surface area (Å²) in [6, 6.07) is 12.9. The van der Waals surface area contributed by atoms with E-state index >= 15 is 0 Å². The Hall–Kier alpha value is -1.50. The van der Waals surface area contributed by atoms with Crippen LogP contribution in [0.25, 0.3) is 10.8 Å². The fraction of sp³-hybridized carbons (Fsp3) is 0.545. The van der Waals surface area contributed by atoms with Gasteiger partial charge in [0.2, 0.25) is 0 Å². The topological polar surface area (TPSA) is 49.5 Å². The minimum atomic E-state index is 0.0545. The van der Waals surface area contributed by atoms with Gasteiger partial charge in [-0.2, -0.15) is 0 Å². The summed E-state index contributed by atoms with van der Waals surface area (Å²) in [5.74, 6) is 0. The first-order valence-electron chi connectivity index (χ1n) is 9.75. The molecule has 1 saturated heterocycles. The molecule has 1 fully saturated rings. The van der Waals surface area contributed by atoms with Crippen LogP contribution in [0, 0.1) is 0 Å². The van der Waals surface area contributed by atoms with Crippen LogP contribution in [0.1, 0.15) is 31.1 Å². The highest BCUT2D eigenvalue weighted by molar-refractivity contribution is 5.83. The number of hydrogen-bond acceptors (Lipinski definition) is 5. The third-order valence-electron chi connectivity index (χ3n) is 4.54. The van der Waals surface area contributed by atoms with Gasteiger partial charge >= 0.3 is 0 Å². The molecule has 0 N–H and O–H groups in total. The lowest BCUT2D eigenvalue weighted by Crippen LogP contribution is -2.08. The van der Waals surface area contributed by atoms with Crippen molar-refractivity contribution >= 4 is 10.8 Å². The summed E-state index contributed by atoms with van der Waals surface area (Å²) in [6.45, 7) is 9.35. The van der Waals surface area contributed by atoms with Crippen molar-refractivity contribution < 1.29 is 23.7 Å². The second kappa shape index (κ2) is 10.7. The van der Waals surface area contributed by atoms with Crippen LogP contribution in [0.15, 0.2) is 36.4 Å². The van der Waals surface area contributed by atoms with E-state index in [2.05, 4.69) is 43.3 Å². The van der Waals surface area contributed by atoms with Gasteiger partial charge < -0.3 is 23.7 Å². The maximum absolute atomic E-state index is 5.84. The second-order valence-electron chi connectivity index (χ2n) is 6.73. The third-order valence-corrected chi connectivity index (χ3v) is 4.54. The lowest BCUT2D eigenvalue weighted by Gasteiger charge is -2.14. The largest absolute Gasteiger partial charge is 0.379 e. The van der Waals surface area contributed by atoms with Crippen LogP contribution >= 0.6 is 0 Å². The zero-order chi connectivity index (χ0) is 18.9. The third kappa shape index (κ3) is 6.87. The summed E-state index contributed by atoms with van der Waals surface area (Å²) in [4.78, 5) is 0. The molecule has 2 aromatic carbocycles. The highest BCUT2D eigenvalue weighted by atomic mass is 16.6. The summed E-state index contributed by atoms with van der Waals surface area (Å²) in [7, 11) is 0. The Balaban J connectivity index is 1.45. The zero-order valence-corrected chi connectivity index (χ0v) is 16.3. The van der Waals surface area contributed by atoms with Gasteiger partial charge in [-0.25, -0.2) is 0 Å². The molecule has 0 aromatic heterocycles. The van der Waals surface area contributed by atoms with Crippen molar-refractivity contribution in [3.8, 4) is 0 Å². The van der Waals surface area contributed by atoms with Crippen molar-refractivity contribution in [3.63, 3.8) is 0 Å². The molecule has 0 saturated carbocycles. The molecule has 0 aliphatic carbocycles. The van der Waals surface area contributed by atoms with Crippen molar-refractivity contribution in [2.75, 3.05) is 46.2 Å². The van der Waals surface area contributed by atoms with Gasteiger partial charge in [-0.1, -0.05) is 24.3 Å². The quantitative estimate of drug-likeness (QED) is 0.393. The highest BCUT2D eigenvalue weighted by Gasteiger charge is 2.21. The van der Waals surface area contributed by atoms with E-state index in [4.69, 9.17) is 23.7 Å². The molecule has 27 heavy (non-hydrogen) atoms. The van der Waals surface area contributed by atoms with Crippen molar-refractivity contribution in [1.29, 1.82) is 0 Å². The average Bonchev–Trinajstić information content (AvgIpc) is 3.51. The van der Waals surface area contributed by atoms with E-state index in [9.17, 15) is 0 Å². The molecule has 2 aromatic rings. The van der Waals surface area contributed by atoms with Crippen LogP contribution in [0.2, 0.25) is 0 Å². The standard InChI is InChI=1S/C22H30O5/c1-3-23-10-11-26-17(2)19-6-7-20-12-18(4-5-21(20)13-19)14-24-8-9-25-15-22-16-27-22/h4-7,12-13,17,22H,3,8-11,14-16H2,1-2H3. The van der Waals surface area contributed by atoms with Crippen LogP contribution in [-0.2, 0) is 30.3 Å². The number of epoxide rings is 1. The van der Waals surface area contributed by atoms with Gasteiger partial charge in [0.15, 0.2) is 0 Å². The molecular weight excluding hydrogens is 344 g/mol. The Morgan fingerprint density at radius 2 is 1.70 bits per heavy atom. The molecule has 1 aliphatic rings. The number of rotatable bonds is 13. The zero-order valence-electron chi connectivity index (χ0n) is 16.3. The molecule has 0 radical (unpaired) electrons. The fourth-order valence-electron chi connectivity index (χ4n) is 2.87. The molecule has 0 bridgehead atoms. The lowest BCUT2D eigenvalue weighted by atomic mass is 10.0. The second-order valence-corrected chi connectivity index (χ2v) is 6.73. The van der Waals surface area contributed by atoms with Crippen molar-refractivity contribution in [2.24, 2.45) is 0 Å². The highest BCUT2D eigenvalue weighted by Crippen LogP contribution is 2.23. The van der Waals surface area contributed by atoms with Gasteiger partial charge in [-0.05, 0) is 47.9 Å². The van der Waals surface area contributed by atoms with Crippen molar-refractivity contribution in [1.82, 2.24) is 0 Å². The van der Waals surface area contributed by atoms with Gasteiger partial charge in [-0.15, -0.1) is 0 Å². The summed E-state index contributed by atoms with van der Waals surface area (Å²) in [5, 5.41) is 2.42. The Kier molecular flexibility index (Phi) is 8.05. The summed E-state index contributed by atoms with van der Waals surface area (Å²) >= 11 is 0. The van der Waals surface area contributed by atoms with Crippen LogP contribution in [0.3, 0.4) is 0 Å². The minimum Gasteiger partial charge on any atom is -0.379 e.